The first-order valence-electron chi connectivity index (χ1n) is 8.07. The second kappa shape index (κ2) is 7.55. The number of imidazole rings is 1. The first-order valence-corrected chi connectivity index (χ1v) is 9.01. The number of thiophene rings is 1. The van der Waals surface area contributed by atoms with Gasteiger partial charge in [0.25, 0.3) is 5.91 Å². The third-order valence-electron chi connectivity index (χ3n) is 4.11. The molecule has 0 aromatic carbocycles. The lowest BCUT2D eigenvalue weighted by molar-refractivity contribution is 0.0930. The van der Waals surface area contributed by atoms with Crippen molar-refractivity contribution < 1.29 is 4.79 Å². The van der Waals surface area contributed by atoms with Crippen LogP contribution in [0.5, 0.6) is 0 Å². The van der Waals surface area contributed by atoms with Crippen LogP contribution in [-0.4, -0.2) is 44.8 Å². The molecule has 3 aromatic heterocycles. The van der Waals surface area contributed by atoms with Crippen LogP contribution in [-0.2, 0) is 0 Å². The van der Waals surface area contributed by atoms with E-state index in [9.17, 15) is 4.79 Å². The number of nitrogens with zero attached hydrogens (tertiary/aromatic N) is 4. The number of fused-ring (bicyclic) bond motifs is 1. The number of nitrogens with one attached hydrogen (secondary N) is 1. The zero-order valence-electron chi connectivity index (χ0n) is 13.8. The molecule has 0 aliphatic carbocycles. The van der Waals surface area contributed by atoms with Gasteiger partial charge in [0.15, 0.2) is 0 Å². The van der Waals surface area contributed by atoms with Crippen molar-refractivity contribution in [2.24, 2.45) is 0 Å². The number of hydrogen-bond acceptors (Lipinski definition) is 5. The highest BCUT2D eigenvalue weighted by Gasteiger charge is 2.20. The summed E-state index contributed by atoms with van der Waals surface area (Å²) in [5.41, 5.74) is 1.62. The molecule has 3 aromatic rings. The van der Waals surface area contributed by atoms with Crippen molar-refractivity contribution in [2.75, 3.05) is 19.6 Å². The molecule has 0 spiro atoms. The maximum absolute atomic E-state index is 12.5. The van der Waals surface area contributed by atoms with Gasteiger partial charge in [0.1, 0.15) is 5.69 Å². The first kappa shape index (κ1) is 16.6. The lowest BCUT2D eigenvalue weighted by Gasteiger charge is -2.29. The van der Waals surface area contributed by atoms with E-state index in [2.05, 4.69) is 50.9 Å². The maximum Gasteiger partial charge on any atom is 0.271 e. The van der Waals surface area contributed by atoms with Crippen LogP contribution in [0.2, 0.25) is 0 Å². The van der Waals surface area contributed by atoms with Crippen molar-refractivity contribution in [3.05, 3.63) is 52.7 Å². The van der Waals surface area contributed by atoms with E-state index in [1.54, 1.807) is 28.1 Å². The Morgan fingerprint density at radius 3 is 2.92 bits per heavy atom. The van der Waals surface area contributed by atoms with Crippen molar-refractivity contribution in [3.8, 4) is 0 Å². The molecule has 0 aliphatic heterocycles. The van der Waals surface area contributed by atoms with Gasteiger partial charge in [-0.1, -0.05) is 13.8 Å². The molecule has 1 atom stereocenters. The van der Waals surface area contributed by atoms with Crippen LogP contribution in [0, 0.1) is 0 Å². The molecule has 126 valence electrons. The van der Waals surface area contributed by atoms with Crippen molar-refractivity contribution >= 4 is 23.0 Å². The largest absolute Gasteiger partial charge is 0.349 e. The maximum atomic E-state index is 12.5. The number of carbonyl (C=O) groups excluding carboxylic acids is 1. The minimum atomic E-state index is -0.173. The van der Waals surface area contributed by atoms with Crippen LogP contribution in [0.15, 0.2) is 41.5 Å². The summed E-state index contributed by atoms with van der Waals surface area (Å²) < 4.78 is 1.75. The molecule has 0 aliphatic rings. The number of hydrogen-bond donors (Lipinski definition) is 1. The topological polar surface area (TPSA) is 62.5 Å². The molecule has 0 fully saturated rings. The highest BCUT2D eigenvalue weighted by Crippen LogP contribution is 2.22. The molecule has 6 nitrogen and oxygen atoms in total. The van der Waals surface area contributed by atoms with E-state index in [1.807, 2.05) is 12.3 Å². The van der Waals surface area contributed by atoms with Crippen LogP contribution in [0.1, 0.15) is 35.9 Å². The fourth-order valence-corrected chi connectivity index (χ4v) is 3.51. The highest BCUT2D eigenvalue weighted by atomic mass is 32.1. The van der Waals surface area contributed by atoms with Crippen LogP contribution in [0.4, 0.5) is 0 Å². The van der Waals surface area contributed by atoms with Crippen LogP contribution in [0.3, 0.4) is 0 Å². The second-order valence-electron chi connectivity index (χ2n) is 5.46. The van der Waals surface area contributed by atoms with Gasteiger partial charge < -0.3 is 5.32 Å². The van der Waals surface area contributed by atoms with Crippen LogP contribution in [0.25, 0.3) is 5.78 Å². The van der Waals surface area contributed by atoms with E-state index >= 15 is 0 Å². The Labute approximate surface area is 145 Å². The molecule has 0 saturated carbocycles. The average Bonchev–Trinajstić information content (AvgIpc) is 3.27. The van der Waals surface area contributed by atoms with E-state index in [0.29, 0.717) is 18.0 Å². The molecular weight excluding hydrogens is 322 g/mol. The number of likely N-dealkylation sites (N-methyl/N-ethyl adjacent to an activating group) is 1. The summed E-state index contributed by atoms with van der Waals surface area (Å²) in [4.78, 5) is 23.2. The molecule has 1 unspecified atom stereocenters. The zero-order chi connectivity index (χ0) is 16.9. The molecular formula is C17H21N5OS. The Morgan fingerprint density at radius 2 is 2.25 bits per heavy atom. The van der Waals surface area contributed by atoms with Crippen molar-refractivity contribution in [1.82, 2.24) is 24.6 Å². The Hall–Kier alpha value is -2.25. The molecule has 0 bridgehead atoms. The number of amides is 1. The Balaban J connectivity index is 1.72. The molecule has 0 radical (unpaired) electrons. The van der Waals surface area contributed by atoms with Gasteiger partial charge in [-0.05, 0) is 41.5 Å². The van der Waals surface area contributed by atoms with Crippen molar-refractivity contribution in [3.63, 3.8) is 0 Å². The lowest BCUT2D eigenvalue weighted by Crippen LogP contribution is -2.38. The van der Waals surface area contributed by atoms with Gasteiger partial charge in [-0.15, -0.1) is 0 Å². The number of aromatic nitrogens is 3. The zero-order valence-corrected chi connectivity index (χ0v) is 14.7. The summed E-state index contributed by atoms with van der Waals surface area (Å²) in [6.07, 6.45) is 5.20. The van der Waals surface area contributed by atoms with E-state index in [0.717, 1.165) is 13.1 Å². The van der Waals surface area contributed by atoms with Gasteiger partial charge in [0.05, 0.1) is 6.04 Å². The van der Waals surface area contributed by atoms with Gasteiger partial charge in [-0.2, -0.15) is 11.3 Å². The minimum Gasteiger partial charge on any atom is -0.349 e. The molecule has 0 saturated heterocycles. The lowest BCUT2D eigenvalue weighted by atomic mass is 10.1. The fourth-order valence-electron chi connectivity index (χ4n) is 2.81. The minimum absolute atomic E-state index is 0.172. The molecule has 3 heterocycles. The van der Waals surface area contributed by atoms with Gasteiger partial charge in [0, 0.05) is 25.1 Å². The van der Waals surface area contributed by atoms with Gasteiger partial charge in [-0.25, -0.2) is 9.97 Å². The third kappa shape index (κ3) is 3.47. The summed E-state index contributed by atoms with van der Waals surface area (Å²) in [7, 11) is 0. The van der Waals surface area contributed by atoms with Crippen LogP contribution < -0.4 is 5.32 Å². The number of carbonyl (C=O) groups is 1. The van der Waals surface area contributed by atoms with Gasteiger partial charge in [0.2, 0.25) is 5.78 Å². The third-order valence-corrected chi connectivity index (χ3v) is 4.81. The Bertz CT molecular complexity index is 761. The SMILES string of the molecule is CCN(CC)C(CNC(=O)c1cn2cccnc2n1)c1ccsc1. The van der Waals surface area contributed by atoms with Crippen molar-refractivity contribution in [1.29, 1.82) is 0 Å². The van der Waals surface area contributed by atoms with E-state index in [-0.39, 0.29) is 11.9 Å². The fraction of sp³-hybridized carbons (Fsp3) is 0.353. The van der Waals surface area contributed by atoms with Crippen molar-refractivity contribution in [2.45, 2.75) is 19.9 Å². The van der Waals surface area contributed by atoms with Gasteiger partial charge >= 0.3 is 0 Å². The summed E-state index contributed by atoms with van der Waals surface area (Å²) in [5.74, 6) is 0.355. The summed E-state index contributed by atoms with van der Waals surface area (Å²) in [5, 5.41) is 7.23. The number of rotatable bonds is 7. The molecule has 7 heteroatoms. The van der Waals surface area contributed by atoms with Gasteiger partial charge in [-0.3, -0.25) is 14.1 Å². The normalized spacial score (nSPS) is 12.6. The summed E-state index contributed by atoms with van der Waals surface area (Å²) in [6.45, 7) is 6.70. The Kier molecular flexibility index (Phi) is 5.22. The Morgan fingerprint density at radius 1 is 1.42 bits per heavy atom. The standard InChI is InChI=1S/C17H21N5OS/c1-3-21(4-2)15(13-6-9-24-12-13)10-19-16(23)14-11-22-8-5-7-18-17(22)20-14/h5-9,11-12,15H,3-4,10H2,1-2H3,(H,19,23). The summed E-state index contributed by atoms with van der Waals surface area (Å²) >= 11 is 1.68. The summed E-state index contributed by atoms with van der Waals surface area (Å²) in [6, 6.07) is 4.10. The van der Waals surface area contributed by atoms with E-state index in [1.165, 1.54) is 5.56 Å². The van der Waals surface area contributed by atoms with Crippen LogP contribution >= 0.6 is 11.3 Å². The second-order valence-corrected chi connectivity index (χ2v) is 6.24. The average molecular weight is 343 g/mol. The monoisotopic (exact) mass is 343 g/mol. The predicted octanol–water partition coefficient (Wildman–Crippen LogP) is 2.60. The molecule has 24 heavy (non-hydrogen) atoms. The quantitative estimate of drug-likeness (QED) is 0.716. The highest BCUT2D eigenvalue weighted by molar-refractivity contribution is 7.07. The molecule has 3 rings (SSSR count). The predicted molar refractivity (Wildman–Crippen MR) is 95.3 cm³/mol. The molecule has 1 amide bonds. The van der Waals surface area contributed by atoms with E-state index in [4.69, 9.17) is 0 Å². The van der Waals surface area contributed by atoms with E-state index < -0.39 is 0 Å². The first-order chi connectivity index (χ1) is 11.7. The molecule has 1 N–H and O–H groups in total. The smallest absolute Gasteiger partial charge is 0.271 e.